The third-order valence-corrected chi connectivity index (χ3v) is 5.35. The van der Waals surface area contributed by atoms with Gasteiger partial charge in [0, 0.05) is 36.7 Å². The number of carbonyl (C=O) groups is 1. The highest BCUT2D eigenvalue weighted by Crippen LogP contribution is 2.30. The van der Waals surface area contributed by atoms with Crippen LogP contribution in [0.15, 0.2) is 0 Å². The molecular weight excluding hydrogens is 258 g/mol. The molecular formula is C14H27N3OS. The molecule has 2 aliphatic heterocycles. The zero-order chi connectivity index (χ0) is 13.7. The van der Waals surface area contributed by atoms with Crippen LogP contribution in [0.2, 0.25) is 0 Å². The molecule has 4 nitrogen and oxygen atoms in total. The van der Waals surface area contributed by atoms with Gasteiger partial charge in [0.15, 0.2) is 0 Å². The van der Waals surface area contributed by atoms with Crippen molar-refractivity contribution in [2.45, 2.75) is 31.4 Å². The van der Waals surface area contributed by atoms with Gasteiger partial charge in [0.05, 0.1) is 6.54 Å². The summed E-state index contributed by atoms with van der Waals surface area (Å²) in [5.41, 5.74) is 0. The molecule has 2 saturated heterocycles. The molecule has 0 radical (unpaired) electrons. The van der Waals surface area contributed by atoms with Crippen molar-refractivity contribution in [3.05, 3.63) is 0 Å². The van der Waals surface area contributed by atoms with Gasteiger partial charge in [-0.05, 0) is 25.9 Å². The van der Waals surface area contributed by atoms with E-state index in [-0.39, 0.29) is 0 Å². The van der Waals surface area contributed by atoms with Gasteiger partial charge < -0.3 is 10.2 Å². The summed E-state index contributed by atoms with van der Waals surface area (Å²) < 4.78 is 0.321. The standard InChI is InChI=1S/C14H27N3OS/c1-14(2)4-8-17(10-11-19-14)13(18)12-16-7-3-5-15-6-9-16/h15H,3-12H2,1-2H3. The lowest BCUT2D eigenvalue weighted by molar-refractivity contribution is -0.132. The van der Waals surface area contributed by atoms with Crippen molar-refractivity contribution in [3.63, 3.8) is 0 Å². The van der Waals surface area contributed by atoms with Crippen LogP contribution in [-0.4, -0.2) is 72.0 Å². The van der Waals surface area contributed by atoms with E-state index in [4.69, 9.17) is 0 Å². The Morgan fingerprint density at radius 1 is 1.21 bits per heavy atom. The van der Waals surface area contributed by atoms with Crippen LogP contribution < -0.4 is 5.32 Å². The lowest BCUT2D eigenvalue weighted by atomic mass is 10.1. The fourth-order valence-electron chi connectivity index (χ4n) is 2.62. The number of nitrogens with one attached hydrogen (secondary N) is 1. The van der Waals surface area contributed by atoms with E-state index in [9.17, 15) is 4.79 Å². The Labute approximate surface area is 121 Å². The molecule has 1 N–H and O–H groups in total. The van der Waals surface area contributed by atoms with E-state index in [1.807, 2.05) is 11.8 Å². The van der Waals surface area contributed by atoms with Gasteiger partial charge in [-0.2, -0.15) is 11.8 Å². The molecule has 2 fully saturated rings. The van der Waals surface area contributed by atoms with Crippen molar-refractivity contribution in [3.8, 4) is 0 Å². The molecule has 0 saturated carbocycles. The molecule has 1 amide bonds. The summed E-state index contributed by atoms with van der Waals surface area (Å²) in [5.74, 6) is 1.39. The second-order valence-electron chi connectivity index (χ2n) is 6.12. The van der Waals surface area contributed by atoms with Crippen molar-refractivity contribution in [2.24, 2.45) is 0 Å². The summed E-state index contributed by atoms with van der Waals surface area (Å²) in [6.45, 7) is 11.1. The predicted molar refractivity (Wildman–Crippen MR) is 81.7 cm³/mol. The highest BCUT2D eigenvalue weighted by molar-refractivity contribution is 8.00. The number of carbonyl (C=O) groups excluding carboxylic acids is 1. The molecule has 0 aromatic heterocycles. The molecule has 0 aromatic rings. The molecule has 110 valence electrons. The maximum absolute atomic E-state index is 12.4. The van der Waals surface area contributed by atoms with Crippen LogP contribution in [0, 0.1) is 0 Å². The van der Waals surface area contributed by atoms with Gasteiger partial charge >= 0.3 is 0 Å². The highest BCUT2D eigenvalue weighted by atomic mass is 32.2. The third-order valence-electron chi connectivity index (χ3n) is 3.98. The van der Waals surface area contributed by atoms with Crippen LogP contribution in [-0.2, 0) is 4.79 Å². The average molecular weight is 285 g/mol. The Morgan fingerprint density at radius 3 is 2.89 bits per heavy atom. The second-order valence-corrected chi connectivity index (χ2v) is 7.92. The van der Waals surface area contributed by atoms with Gasteiger partial charge in [-0.1, -0.05) is 13.8 Å². The monoisotopic (exact) mass is 285 g/mol. The Bertz CT molecular complexity index is 301. The SMILES string of the molecule is CC1(C)CCN(C(=O)CN2CCCNCC2)CCS1. The highest BCUT2D eigenvalue weighted by Gasteiger charge is 2.26. The van der Waals surface area contributed by atoms with E-state index < -0.39 is 0 Å². The maximum atomic E-state index is 12.4. The topological polar surface area (TPSA) is 35.6 Å². The fraction of sp³-hybridized carbons (Fsp3) is 0.929. The number of rotatable bonds is 2. The summed E-state index contributed by atoms with van der Waals surface area (Å²) in [6.07, 6.45) is 2.25. The minimum absolute atomic E-state index is 0.320. The Kier molecular flexibility index (Phi) is 5.54. The molecule has 0 spiro atoms. The smallest absolute Gasteiger partial charge is 0.236 e. The van der Waals surface area contributed by atoms with Gasteiger partial charge in [-0.25, -0.2) is 0 Å². The molecule has 0 bridgehead atoms. The Balaban J connectivity index is 1.81. The largest absolute Gasteiger partial charge is 0.341 e. The minimum Gasteiger partial charge on any atom is -0.341 e. The fourth-order valence-corrected chi connectivity index (χ4v) is 3.72. The van der Waals surface area contributed by atoms with Crippen LogP contribution in [0.4, 0.5) is 0 Å². The molecule has 0 atom stereocenters. The molecule has 0 unspecified atom stereocenters. The number of hydrogen-bond donors (Lipinski definition) is 1. The van der Waals surface area contributed by atoms with E-state index >= 15 is 0 Å². The van der Waals surface area contributed by atoms with Gasteiger partial charge in [0.1, 0.15) is 0 Å². The molecule has 5 heteroatoms. The Hall–Kier alpha value is -0.260. The number of thioether (sulfide) groups is 1. The van der Waals surface area contributed by atoms with Crippen LogP contribution >= 0.6 is 11.8 Å². The van der Waals surface area contributed by atoms with Crippen molar-refractivity contribution >= 4 is 17.7 Å². The summed E-state index contributed by atoms with van der Waals surface area (Å²) >= 11 is 1.99. The lowest BCUT2D eigenvalue weighted by Gasteiger charge is -2.26. The normalized spacial score (nSPS) is 25.7. The summed E-state index contributed by atoms with van der Waals surface area (Å²) in [4.78, 5) is 16.8. The molecule has 2 aliphatic rings. The molecule has 0 aliphatic carbocycles. The number of amides is 1. The van der Waals surface area contributed by atoms with Crippen molar-refractivity contribution in [2.75, 3.05) is 51.6 Å². The quantitative estimate of drug-likeness (QED) is 0.822. The van der Waals surface area contributed by atoms with Gasteiger partial charge in [0.25, 0.3) is 0 Å². The van der Waals surface area contributed by atoms with Crippen molar-refractivity contribution in [1.82, 2.24) is 15.1 Å². The van der Waals surface area contributed by atoms with Crippen LogP contribution in [0.1, 0.15) is 26.7 Å². The zero-order valence-electron chi connectivity index (χ0n) is 12.3. The van der Waals surface area contributed by atoms with Crippen LogP contribution in [0.25, 0.3) is 0 Å². The van der Waals surface area contributed by atoms with Gasteiger partial charge in [-0.15, -0.1) is 0 Å². The van der Waals surface area contributed by atoms with Gasteiger partial charge in [-0.3, -0.25) is 9.69 Å². The minimum atomic E-state index is 0.320. The predicted octanol–water partition coefficient (Wildman–Crippen LogP) is 1.03. The van der Waals surface area contributed by atoms with E-state index in [2.05, 4.69) is 29.0 Å². The zero-order valence-corrected chi connectivity index (χ0v) is 13.1. The third kappa shape index (κ3) is 4.97. The summed E-state index contributed by atoms with van der Waals surface area (Å²) in [7, 11) is 0. The first-order valence-corrected chi connectivity index (χ1v) is 8.40. The van der Waals surface area contributed by atoms with E-state index in [0.29, 0.717) is 17.2 Å². The first-order valence-electron chi connectivity index (χ1n) is 7.42. The van der Waals surface area contributed by atoms with E-state index in [0.717, 1.165) is 57.9 Å². The number of hydrogen-bond acceptors (Lipinski definition) is 4. The van der Waals surface area contributed by atoms with E-state index in [1.165, 1.54) is 0 Å². The van der Waals surface area contributed by atoms with Crippen molar-refractivity contribution < 1.29 is 4.79 Å². The molecule has 0 aromatic carbocycles. The summed E-state index contributed by atoms with van der Waals surface area (Å²) in [6, 6.07) is 0. The second kappa shape index (κ2) is 6.95. The number of nitrogens with zero attached hydrogens (tertiary/aromatic N) is 2. The van der Waals surface area contributed by atoms with Gasteiger partial charge in [0.2, 0.25) is 5.91 Å². The first-order chi connectivity index (χ1) is 9.07. The van der Waals surface area contributed by atoms with E-state index in [1.54, 1.807) is 0 Å². The first kappa shape index (κ1) is 15.1. The molecule has 2 rings (SSSR count). The summed E-state index contributed by atoms with van der Waals surface area (Å²) in [5, 5.41) is 3.38. The Morgan fingerprint density at radius 2 is 2.05 bits per heavy atom. The molecule has 19 heavy (non-hydrogen) atoms. The van der Waals surface area contributed by atoms with Crippen LogP contribution in [0.3, 0.4) is 0 Å². The van der Waals surface area contributed by atoms with Crippen LogP contribution in [0.5, 0.6) is 0 Å². The molecule has 2 heterocycles. The maximum Gasteiger partial charge on any atom is 0.236 e. The van der Waals surface area contributed by atoms with Crippen molar-refractivity contribution in [1.29, 1.82) is 0 Å². The lowest BCUT2D eigenvalue weighted by Crippen LogP contribution is -2.42. The average Bonchev–Trinajstić information content (AvgIpc) is 2.69.